The number of piperidine rings is 1. The minimum absolute atomic E-state index is 0.0518. The molecule has 1 amide bonds. The van der Waals surface area contributed by atoms with Crippen molar-refractivity contribution in [1.82, 2.24) is 5.06 Å². The highest BCUT2D eigenvalue weighted by atomic mass is 32.2. The normalized spacial score (nSPS) is 42.1. The Kier molecular flexibility index (Phi) is 7.03. The Bertz CT molecular complexity index is 841. The van der Waals surface area contributed by atoms with E-state index in [0.29, 0.717) is 23.7 Å². The van der Waals surface area contributed by atoms with E-state index in [0.717, 1.165) is 49.2 Å². The quantitative estimate of drug-likeness (QED) is 0.435. The molecule has 1 aliphatic heterocycles. The van der Waals surface area contributed by atoms with E-state index in [1.165, 1.54) is 50.0 Å². The molecule has 0 aromatic heterocycles. The molecule has 33 heavy (non-hydrogen) atoms. The minimum Gasteiger partial charge on any atom is -0.273 e. The Balaban J connectivity index is 1.51. The van der Waals surface area contributed by atoms with E-state index < -0.39 is 10.1 Å². The van der Waals surface area contributed by atoms with Gasteiger partial charge in [0.05, 0.1) is 12.3 Å². The van der Waals surface area contributed by atoms with Crippen LogP contribution in [-0.4, -0.2) is 31.7 Å². The smallest absolute Gasteiger partial charge is 0.273 e. The Labute approximate surface area is 202 Å². The number of amides is 1. The first-order valence-corrected chi connectivity index (χ1v) is 15.4. The monoisotopic (exact) mass is 481 g/mol. The van der Waals surface area contributed by atoms with Crippen LogP contribution in [0, 0.1) is 46.3 Å². The van der Waals surface area contributed by atoms with Crippen LogP contribution in [0.3, 0.4) is 0 Å². The minimum atomic E-state index is -3.71. The zero-order valence-corrected chi connectivity index (χ0v) is 22.6. The summed E-state index contributed by atoms with van der Waals surface area (Å²) < 4.78 is 29.1. The fourth-order valence-corrected chi connectivity index (χ4v) is 9.58. The van der Waals surface area contributed by atoms with E-state index >= 15 is 0 Å². The number of carbonyl (C=O) groups is 1. The van der Waals surface area contributed by atoms with Gasteiger partial charge < -0.3 is 0 Å². The molecule has 1 saturated heterocycles. The molecule has 190 valence electrons. The molecule has 8 atom stereocenters. The third-order valence-corrected chi connectivity index (χ3v) is 11.1. The summed E-state index contributed by atoms with van der Waals surface area (Å²) in [6.45, 7) is 12.1. The first kappa shape index (κ1) is 25.5. The maximum atomic E-state index is 12.6. The molecule has 1 heterocycles. The fourth-order valence-electron chi connectivity index (χ4n) is 9.10. The van der Waals surface area contributed by atoms with E-state index in [1.54, 1.807) is 0 Å². The van der Waals surface area contributed by atoms with E-state index in [-0.39, 0.29) is 17.4 Å². The second-order valence-corrected chi connectivity index (χ2v) is 14.6. The number of fused-ring (bicyclic) bond motifs is 5. The van der Waals surface area contributed by atoms with Crippen molar-refractivity contribution in [3.63, 3.8) is 0 Å². The average molecular weight is 482 g/mol. The molecule has 5 nitrogen and oxygen atoms in total. The second kappa shape index (κ2) is 9.11. The predicted octanol–water partition coefficient (Wildman–Crippen LogP) is 6.19. The Hall–Kier alpha value is -0.620. The van der Waals surface area contributed by atoms with Crippen molar-refractivity contribution in [3.8, 4) is 0 Å². The molecule has 4 rings (SSSR count). The molecule has 0 radical (unpaired) electrons. The molecular weight excluding hydrogens is 434 g/mol. The summed E-state index contributed by atoms with van der Waals surface area (Å²) in [5.41, 5.74) is 0.388. The summed E-state index contributed by atoms with van der Waals surface area (Å²) in [6, 6.07) is -0.119. The second-order valence-electron chi connectivity index (χ2n) is 13.0. The lowest BCUT2D eigenvalue weighted by atomic mass is 9.46. The summed E-state index contributed by atoms with van der Waals surface area (Å²) in [7, 11) is -3.71. The SMILES string of the molecule is CC(C)CCC[C@@H](C)[C@H]1CC[C@H]2[C@@H]3CC[C@@H]4N(OS(C)(=O)=O)C(=O)CC[C@]4(C)[C@H]3CC[C@]12C. The van der Waals surface area contributed by atoms with E-state index in [1.807, 2.05) is 0 Å². The van der Waals surface area contributed by atoms with Gasteiger partial charge in [-0.2, -0.15) is 8.42 Å². The van der Waals surface area contributed by atoms with Crippen molar-refractivity contribution < 1.29 is 17.5 Å². The van der Waals surface area contributed by atoms with Crippen molar-refractivity contribution in [2.75, 3.05) is 6.26 Å². The van der Waals surface area contributed by atoms with Crippen molar-refractivity contribution in [2.24, 2.45) is 46.3 Å². The van der Waals surface area contributed by atoms with Crippen molar-refractivity contribution in [3.05, 3.63) is 0 Å². The third kappa shape index (κ3) is 4.64. The zero-order valence-electron chi connectivity index (χ0n) is 21.8. The van der Waals surface area contributed by atoms with E-state index in [9.17, 15) is 13.2 Å². The van der Waals surface area contributed by atoms with Crippen molar-refractivity contribution >= 4 is 16.0 Å². The highest BCUT2D eigenvalue weighted by molar-refractivity contribution is 7.85. The van der Waals surface area contributed by atoms with Crippen molar-refractivity contribution in [1.29, 1.82) is 0 Å². The standard InChI is InChI=1S/C27H47NO4S/c1-18(2)8-7-9-19(3)21-11-12-22-20-10-13-24-27(5,23(20)14-16-26(21,22)4)17-15-25(29)28(24)32-33(6,30)31/h18-24H,7-17H2,1-6H3/t19-,20+,21-,22+,23+,24+,26-,27-/m1/s1. The van der Waals surface area contributed by atoms with Gasteiger partial charge in [-0.1, -0.05) is 53.9 Å². The van der Waals surface area contributed by atoms with Gasteiger partial charge in [0.15, 0.2) is 0 Å². The summed E-state index contributed by atoms with van der Waals surface area (Å²) in [4.78, 5) is 12.6. The maximum Gasteiger partial charge on any atom is 0.285 e. The Morgan fingerprint density at radius 3 is 2.33 bits per heavy atom. The maximum absolute atomic E-state index is 12.6. The summed E-state index contributed by atoms with van der Waals surface area (Å²) >= 11 is 0. The number of hydroxylamine groups is 2. The number of rotatable bonds is 7. The molecule has 0 spiro atoms. The van der Waals surface area contributed by atoms with Crippen LogP contribution in [0.2, 0.25) is 0 Å². The first-order chi connectivity index (χ1) is 15.4. The lowest BCUT2D eigenvalue weighted by Crippen LogP contribution is -2.62. The topological polar surface area (TPSA) is 63.7 Å². The van der Waals surface area contributed by atoms with Gasteiger partial charge in [0.1, 0.15) is 0 Å². The number of hydrogen-bond acceptors (Lipinski definition) is 4. The molecule has 0 N–H and O–H groups in total. The Morgan fingerprint density at radius 1 is 0.970 bits per heavy atom. The van der Waals surface area contributed by atoms with E-state index in [2.05, 4.69) is 34.6 Å². The summed E-state index contributed by atoms with van der Waals surface area (Å²) in [5, 5.41) is 1.26. The molecule has 3 aliphatic carbocycles. The third-order valence-electron chi connectivity index (χ3n) is 10.6. The van der Waals surface area contributed by atoms with Crippen LogP contribution in [0.4, 0.5) is 0 Å². The van der Waals surface area contributed by atoms with Crippen LogP contribution in [0.5, 0.6) is 0 Å². The van der Waals surface area contributed by atoms with Gasteiger partial charge in [0.2, 0.25) is 5.91 Å². The van der Waals surface area contributed by atoms with Gasteiger partial charge >= 0.3 is 0 Å². The highest BCUT2D eigenvalue weighted by Crippen LogP contribution is 2.67. The Morgan fingerprint density at radius 2 is 1.67 bits per heavy atom. The molecule has 6 heteroatoms. The predicted molar refractivity (Wildman–Crippen MR) is 132 cm³/mol. The molecule has 0 unspecified atom stereocenters. The van der Waals surface area contributed by atoms with Crippen LogP contribution in [0.1, 0.15) is 105 Å². The van der Waals surface area contributed by atoms with Gasteiger partial charge in [0, 0.05) is 6.42 Å². The first-order valence-electron chi connectivity index (χ1n) is 13.6. The number of carbonyl (C=O) groups excluding carboxylic acids is 1. The van der Waals surface area contributed by atoms with Gasteiger partial charge in [0.25, 0.3) is 10.1 Å². The van der Waals surface area contributed by atoms with E-state index in [4.69, 9.17) is 4.28 Å². The van der Waals surface area contributed by atoms with Gasteiger partial charge in [-0.15, -0.1) is 4.28 Å². The lowest BCUT2D eigenvalue weighted by Gasteiger charge is -2.61. The molecular formula is C27H47NO4S. The summed E-state index contributed by atoms with van der Waals surface area (Å²) in [6.07, 6.45) is 13.5. The average Bonchev–Trinajstić information content (AvgIpc) is 3.06. The van der Waals surface area contributed by atoms with Crippen LogP contribution in [0.25, 0.3) is 0 Å². The highest BCUT2D eigenvalue weighted by Gasteiger charge is 2.62. The largest absolute Gasteiger partial charge is 0.285 e. The van der Waals surface area contributed by atoms with Crippen molar-refractivity contribution in [2.45, 2.75) is 111 Å². The molecule has 4 aliphatic rings. The molecule has 3 saturated carbocycles. The van der Waals surface area contributed by atoms with Gasteiger partial charge in [-0.25, -0.2) is 5.06 Å². The number of hydrogen-bond donors (Lipinski definition) is 0. The zero-order chi connectivity index (χ0) is 24.2. The van der Waals surface area contributed by atoms with Crippen LogP contribution < -0.4 is 0 Å². The lowest BCUT2D eigenvalue weighted by molar-refractivity contribution is -0.210. The molecule has 0 aromatic carbocycles. The molecule has 0 aromatic rings. The van der Waals surface area contributed by atoms with Gasteiger partial charge in [-0.3, -0.25) is 4.79 Å². The summed E-state index contributed by atoms with van der Waals surface area (Å²) in [5.74, 6) is 4.29. The number of nitrogens with zero attached hydrogens (tertiary/aromatic N) is 1. The fraction of sp³-hybridized carbons (Fsp3) is 0.963. The van der Waals surface area contributed by atoms with Crippen LogP contribution in [-0.2, 0) is 19.2 Å². The van der Waals surface area contributed by atoms with Gasteiger partial charge in [-0.05, 0) is 91.3 Å². The molecule has 0 bridgehead atoms. The molecule has 4 fully saturated rings. The van der Waals surface area contributed by atoms with Crippen LogP contribution in [0.15, 0.2) is 0 Å². The van der Waals surface area contributed by atoms with Crippen LogP contribution >= 0.6 is 0 Å².